The monoisotopic (exact) mass is 307 g/mol. The lowest BCUT2D eigenvalue weighted by Gasteiger charge is -2.11. The van der Waals surface area contributed by atoms with Gasteiger partial charge in [0.2, 0.25) is 0 Å². The minimum atomic E-state index is -0.379. The molecule has 1 N–H and O–H groups in total. The number of benzene rings is 2. The summed E-state index contributed by atoms with van der Waals surface area (Å²) in [6.45, 7) is 2.35. The van der Waals surface area contributed by atoms with Crippen molar-refractivity contribution < 1.29 is 8.78 Å². The van der Waals surface area contributed by atoms with E-state index in [0.717, 1.165) is 5.56 Å². The van der Waals surface area contributed by atoms with Crippen molar-refractivity contribution in [1.82, 2.24) is 5.32 Å². The van der Waals surface area contributed by atoms with Gasteiger partial charge in [-0.05, 0) is 55.2 Å². The summed E-state index contributed by atoms with van der Waals surface area (Å²) in [5.74, 6) is -0.728. The van der Waals surface area contributed by atoms with Crippen LogP contribution in [0.3, 0.4) is 0 Å². The average molecular weight is 308 g/mol. The maximum Gasteiger partial charge on any atom is 0.131 e. The average Bonchev–Trinajstić information content (AvgIpc) is 3.26. The molecule has 0 aliphatic heterocycles. The molecule has 21 heavy (non-hydrogen) atoms. The summed E-state index contributed by atoms with van der Waals surface area (Å²) in [5, 5.41) is 3.62. The third-order valence-electron chi connectivity index (χ3n) is 3.74. The Bertz CT molecular complexity index is 681. The topological polar surface area (TPSA) is 12.0 Å². The van der Waals surface area contributed by atoms with Gasteiger partial charge in [0.25, 0.3) is 0 Å². The molecule has 0 atom stereocenters. The predicted molar refractivity (Wildman–Crippen MR) is 81.4 cm³/mol. The Kier molecular flexibility index (Phi) is 3.96. The van der Waals surface area contributed by atoms with E-state index >= 15 is 0 Å². The molecule has 1 fully saturated rings. The molecule has 0 saturated heterocycles. The van der Waals surface area contributed by atoms with Crippen LogP contribution >= 0.6 is 11.6 Å². The summed E-state index contributed by atoms with van der Waals surface area (Å²) >= 11 is 6.08. The van der Waals surface area contributed by atoms with Gasteiger partial charge >= 0.3 is 0 Å². The van der Waals surface area contributed by atoms with Gasteiger partial charge in [0.15, 0.2) is 0 Å². The standard InChI is InChI=1S/C17H16ClF2N/c1-10-6-13(15(18)8-17(10)20)14-7-11(2-5-16(14)19)9-21-12-3-4-12/h2,5-8,12,21H,3-4,9H2,1H3. The summed E-state index contributed by atoms with van der Waals surface area (Å²) in [6, 6.07) is 8.40. The number of rotatable bonds is 4. The van der Waals surface area contributed by atoms with Crippen molar-refractivity contribution in [1.29, 1.82) is 0 Å². The van der Waals surface area contributed by atoms with E-state index in [0.29, 0.717) is 29.3 Å². The lowest BCUT2D eigenvalue weighted by atomic mass is 10.00. The first-order valence-corrected chi connectivity index (χ1v) is 7.40. The van der Waals surface area contributed by atoms with Gasteiger partial charge in [-0.3, -0.25) is 0 Å². The highest BCUT2D eigenvalue weighted by atomic mass is 35.5. The normalized spacial score (nSPS) is 14.5. The molecule has 2 aromatic rings. The molecule has 1 nitrogen and oxygen atoms in total. The van der Waals surface area contributed by atoms with Crippen LogP contribution in [0.4, 0.5) is 8.78 Å². The van der Waals surface area contributed by atoms with Crippen LogP contribution in [0.1, 0.15) is 24.0 Å². The molecule has 1 aliphatic rings. The zero-order valence-corrected chi connectivity index (χ0v) is 12.5. The van der Waals surface area contributed by atoms with E-state index in [2.05, 4.69) is 5.32 Å². The minimum Gasteiger partial charge on any atom is -0.310 e. The van der Waals surface area contributed by atoms with Gasteiger partial charge in [-0.15, -0.1) is 0 Å². The fourth-order valence-corrected chi connectivity index (χ4v) is 2.55. The molecule has 4 heteroatoms. The molecule has 0 radical (unpaired) electrons. The van der Waals surface area contributed by atoms with Gasteiger partial charge in [0.1, 0.15) is 11.6 Å². The Balaban J connectivity index is 1.96. The van der Waals surface area contributed by atoms with Crippen LogP contribution in [0.15, 0.2) is 30.3 Å². The van der Waals surface area contributed by atoms with Crippen LogP contribution in [-0.4, -0.2) is 6.04 Å². The van der Waals surface area contributed by atoms with Gasteiger partial charge in [0.05, 0.1) is 5.02 Å². The summed E-state index contributed by atoms with van der Waals surface area (Å²) in [6.07, 6.45) is 2.41. The van der Waals surface area contributed by atoms with E-state index in [1.165, 1.54) is 25.0 Å². The van der Waals surface area contributed by atoms with E-state index in [1.54, 1.807) is 25.1 Å². The predicted octanol–water partition coefficient (Wildman–Crippen LogP) is 4.85. The van der Waals surface area contributed by atoms with Crippen LogP contribution in [0.5, 0.6) is 0 Å². The summed E-state index contributed by atoms with van der Waals surface area (Å²) in [5.41, 5.74) is 2.39. The molecule has 0 bridgehead atoms. The quantitative estimate of drug-likeness (QED) is 0.852. The fraction of sp³-hybridized carbons (Fsp3) is 0.294. The van der Waals surface area contributed by atoms with Gasteiger partial charge in [-0.2, -0.15) is 0 Å². The number of hydrogen-bond acceptors (Lipinski definition) is 1. The second-order valence-electron chi connectivity index (χ2n) is 5.55. The molecule has 110 valence electrons. The fourth-order valence-electron chi connectivity index (χ4n) is 2.30. The van der Waals surface area contributed by atoms with Crippen molar-refractivity contribution in [3.63, 3.8) is 0 Å². The Morgan fingerprint density at radius 2 is 1.86 bits per heavy atom. The van der Waals surface area contributed by atoms with Gasteiger partial charge < -0.3 is 5.32 Å². The molecule has 0 spiro atoms. The highest BCUT2D eigenvalue weighted by Gasteiger charge is 2.20. The van der Waals surface area contributed by atoms with Gasteiger partial charge in [-0.1, -0.05) is 17.7 Å². The van der Waals surface area contributed by atoms with E-state index in [4.69, 9.17) is 11.6 Å². The number of nitrogens with one attached hydrogen (secondary N) is 1. The molecule has 1 saturated carbocycles. The van der Waals surface area contributed by atoms with Crippen molar-refractivity contribution in [2.45, 2.75) is 32.4 Å². The second-order valence-corrected chi connectivity index (χ2v) is 5.96. The van der Waals surface area contributed by atoms with Gasteiger partial charge in [-0.25, -0.2) is 8.78 Å². The minimum absolute atomic E-state index is 0.226. The smallest absolute Gasteiger partial charge is 0.131 e. The van der Waals surface area contributed by atoms with E-state index in [9.17, 15) is 8.78 Å². The zero-order chi connectivity index (χ0) is 15.0. The Labute approximate surface area is 127 Å². The first-order chi connectivity index (χ1) is 10.0. The first-order valence-electron chi connectivity index (χ1n) is 7.02. The third-order valence-corrected chi connectivity index (χ3v) is 4.05. The molecular weight excluding hydrogens is 292 g/mol. The van der Waals surface area contributed by atoms with Crippen molar-refractivity contribution in [3.8, 4) is 11.1 Å². The van der Waals surface area contributed by atoms with Crippen LogP contribution in [0.25, 0.3) is 11.1 Å². The van der Waals surface area contributed by atoms with E-state index in [-0.39, 0.29) is 16.7 Å². The maximum absolute atomic E-state index is 14.1. The molecule has 0 unspecified atom stereocenters. The van der Waals surface area contributed by atoms with Crippen molar-refractivity contribution in [2.24, 2.45) is 0 Å². The van der Waals surface area contributed by atoms with Crippen LogP contribution in [0, 0.1) is 18.6 Å². The summed E-state index contributed by atoms with van der Waals surface area (Å²) in [7, 11) is 0. The Morgan fingerprint density at radius 1 is 1.10 bits per heavy atom. The maximum atomic E-state index is 14.1. The lowest BCUT2D eigenvalue weighted by Crippen LogP contribution is -2.15. The lowest BCUT2D eigenvalue weighted by molar-refractivity contribution is 0.617. The first kappa shape index (κ1) is 14.5. The third kappa shape index (κ3) is 3.25. The molecule has 2 aromatic carbocycles. The molecular formula is C17H16ClF2N. The Hall–Kier alpha value is -1.45. The molecule has 3 rings (SSSR count). The highest BCUT2D eigenvalue weighted by molar-refractivity contribution is 6.33. The SMILES string of the molecule is Cc1cc(-c2cc(CNC3CC3)ccc2F)c(Cl)cc1F. The van der Waals surface area contributed by atoms with E-state index < -0.39 is 0 Å². The number of halogens is 3. The Morgan fingerprint density at radius 3 is 2.57 bits per heavy atom. The molecule has 0 amide bonds. The van der Waals surface area contributed by atoms with E-state index in [1.807, 2.05) is 0 Å². The van der Waals surface area contributed by atoms with Crippen molar-refractivity contribution >= 4 is 11.6 Å². The van der Waals surface area contributed by atoms with Crippen molar-refractivity contribution in [3.05, 3.63) is 58.1 Å². The summed E-state index contributed by atoms with van der Waals surface area (Å²) < 4.78 is 27.6. The summed E-state index contributed by atoms with van der Waals surface area (Å²) in [4.78, 5) is 0. The van der Waals surface area contributed by atoms with Crippen LogP contribution < -0.4 is 5.32 Å². The van der Waals surface area contributed by atoms with Gasteiger partial charge in [0, 0.05) is 23.7 Å². The zero-order valence-electron chi connectivity index (χ0n) is 11.7. The number of aryl methyl sites for hydroxylation is 1. The van der Waals surface area contributed by atoms with Crippen LogP contribution in [0.2, 0.25) is 5.02 Å². The molecule has 0 heterocycles. The van der Waals surface area contributed by atoms with Crippen LogP contribution in [-0.2, 0) is 6.54 Å². The highest BCUT2D eigenvalue weighted by Crippen LogP contribution is 2.32. The molecule has 1 aliphatic carbocycles. The second kappa shape index (κ2) is 5.74. The molecule has 0 aromatic heterocycles. The number of hydrogen-bond donors (Lipinski definition) is 1. The van der Waals surface area contributed by atoms with Crippen molar-refractivity contribution in [2.75, 3.05) is 0 Å². The largest absolute Gasteiger partial charge is 0.310 e.